The molecule has 0 spiro atoms. The molecule has 1 aliphatic rings. The molecule has 2 unspecified atom stereocenters. The van der Waals surface area contributed by atoms with Crippen LogP contribution in [0.3, 0.4) is 0 Å². The maximum absolute atomic E-state index is 8.73. The highest BCUT2D eigenvalue weighted by atomic mass is 16.5. The Balaban J connectivity index is 1.98. The lowest BCUT2D eigenvalue weighted by Gasteiger charge is -2.31. The molecule has 1 fully saturated rings. The third kappa shape index (κ3) is 3.23. The minimum atomic E-state index is 0.335. The van der Waals surface area contributed by atoms with Crippen molar-refractivity contribution in [2.24, 2.45) is 11.8 Å². The highest BCUT2D eigenvalue weighted by Gasteiger charge is 2.25. The maximum atomic E-state index is 8.73. The number of rotatable bonds is 2. The SMILES string of the molecule is CC1CC(C)CC(Oc2ccc(C#N)cc2)C1. The Bertz CT molecular complexity index is 394. The highest BCUT2D eigenvalue weighted by molar-refractivity contribution is 5.34. The van der Waals surface area contributed by atoms with Gasteiger partial charge in [-0.05, 0) is 55.4 Å². The van der Waals surface area contributed by atoms with Gasteiger partial charge >= 0.3 is 0 Å². The summed E-state index contributed by atoms with van der Waals surface area (Å²) in [6.45, 7) is 4.59. The van der Waals surface area contributed by atoms with E-state index in [1.807, 2.05) is 24.3 Å². The molecule has 0 aliphatic heterocycles. The molecule has 0 radical (unpaired) electrons. The summed E-state index contributed by atoms with van der Waals surface area (Å²) in [4.78, 5) is 0. The second-order valence-corrected chi connectivity index (χ2v) is 5.29. The van der Waals surface area contributed by atoms with Crippen molar-refractivity contribution in [1.82, 2.24) is 0 Å². The molecule has 0 N–H and O–H groups in total. The van der Waals surface area contributed by atoms with E-state index in [2.05, 4.69) is 19.9 Å². The average Bonchev–Trinajstić information content (AvgIpc) is 2.28. The van der Waals surface area contributed by atoms with Crippen molar-refractivity contribution >= 4 is 0 Å². The van der Waals surface area contributed by atoms with Crippen LogP contribution in [-0.2, 0) is 0 Å². The molecule has 1 saturated carbocycles. The monoisotopic (exact) mass is 229 g/mol. The molecule has 2 rings (SSSR count). The van der Waals surface area contributed by atoms with Crippen LogP contribution >= 0.6 is 0 Å². The van der Waals surface area contributed by atoms with Crippen LogP contribution in [0, 0.1) is 23.2 Å². The number of hydrogen-bond acceptors (Lipinski definition) is 2. The van der Waals surface area contributed by atoms with Crippen LogP contribution in [0.25, 0.3) is 0 Å². The zero-order chi connectivity index (χ0) is 12.3. The van der Waals surface area contributed by atoms with E-state index in [4.69, 9.17) is 10.00 Å². The van der Waals surface area contributed by atoms with Gasteiger partial charge in [0.15, 0.2) is 0 Å². The molecule has 2 nitrogen and oxygen atoms in total. The first-order chi connectivity index (χ1) is 8.17. The summed E-state index contributed by atoms with van der Waals surface area (Å²) in [5.74, 6) is 2.39. The minimum Gasteiger partial charge on any atom is -0.490 e. The first kappa shape index (κ1) is 12.0. The third-order valence-electron chi connectivity index (χ3n) is 3.42. The Morgan fingerprint density at radius 2 is 1.65 bits per heavy atom. The maximum Gasteiger partial charge on any atom is 0.119 e. The molecule has 0 amide bonds. The summed E-state index contributed by atoms with van der Waals surface area (Å²) in [7, 11) is 0. The second kappa shape index (κ2) is 5.23. The molecular formula is C15H19NO. The number of ether oxygens (including phenoxy) is 1. The molecule has 0 heterocycles. The minimum absolute atomic E-state index is 0.335. The topological polar surface area (TPSA) is 33.0 Å². The average molecular weight is 229 g/mol. The van der Waals surface area contributed by atoms with E-state index in [1.54, 1.807) is 0 Å². The normalized spacial score (nSPS) is 28.4. The van der Waals surface area contributed by atoms with Gasteiger partial charge in [-0.3, -0.25) is 0 Å². The molecule has 0 saturated heterocycles. The van der Waals surface area contributed by atoms with Gasteiger partial charge in [-0.1, -0.05) is 13.8 Å². The van der Waals surface area contributed by atoms with Crippen molar-refractivity contribution in [3.05, 3.63) is 29.8 Å². The van der Waals surface area contributed by atoms with Gasteiger partial charge < -0.3 is 4.74 Å². The molecule has 17 heavy (non-hydrogen) atoms. The van der Waals surface area contributed by atoms with E-state index < -0.39 is 0 Å². The van der Waals surface area contributed by atoms with Crippen LogP contribution in [-0.4, -0.2) is 6.10 Å². The first-order valence-corrected chi connectivity index (χ1v) is 6.34. The molecule has 90 valence electrons. The van der Waals surface area contributed by atoms with E-state index in [0.29, 0.717) is 11.7 Å². The lowest BCUT2D eigenvalue weighted by Crippen LogP contribution is -2.28. The lowest BCUT2D eigenvalue weighted by molar-refractivity contribution is 0.101. The van der Waals surface area contributed by atoms with Crippen LogP contribution in [0.1, 0.15) is 38.7 Å². The van der Waals surface area contributed by atoms with Crippen molar-refractivity contribution in [3.63, 3.8) is 0 Å². The third-order valence-corrected chi connectivity index (χ3v) is 3.42. The van der Waals surface area contributed by atoms with Crippen molar-refractivity contribution in [3.8, 4) is 11.8 Å². The molecule has 1 aromatic rings. The number of nitriles is 1. The molecule has 1 aliphatic carbocycles. The molecule has 2 heteroatoms. The lowest BCUT2D eigenvalue weighted by atomic mass is 9.82. The van der Waals surface area contributed by atoms with Gasteiger partial charge in [0.25, 0.3) is 0 Å². The van der Waals surface area contributed by atoms with E-state index in [1.165, 1.54) is 6.42 Å². The van der Waals surface area contributed by atoms with Gasteiger partial charge in [-0.25, -0.2) is 0 Å². The Morgan fingerprint density at radius 3 is 2.18 bits per heavy atom. The van der Waals surface area contributed by atoms with Crippen LogP contribution in [0.4, 0.5) is 0 Å². The smallest absolute Gasteiger partial charge is 0.119 e. The first-order valence-electron chi connectivity index (χ1n) is 6.34. The highest BCUT2D eigenvalue weighted by Crippen LogP contribution is 2.31. The fourth-order valence-corrected chi connectivity index (χ4v) is 2.77. The second-order valence-electron chi connectivity index (χ2n) is 5.29. The van der Waals surface area contributed by atoms with Crippen LogP contribution in [0.2, 0.25) is 0 Å². The Morgan fingerprint density at radius 1 is 1.06 bits per heavy atom. The van der Waals surface area contributed by atoms with Gasteiger partial charge in [0.05, 0.1) is 17.7 Å². The summed E-state index contributed by atoms with van der Waals surface area (Å²) < 4.78 is 5.99. The zero-order valence-corrected chi connectivity index (χ0v) is 10.5. The number of hydrogen-bond donors (Lipinski definition) is 0. The zero-order valence-electron chi connectivity index (χ0n) is 10.5. The van der Waals surface area contributed by atoms with Crippen molar-refractivity contribution in [1.29, 1.82) is 5.26 Å². The van der Waals surface area contributed by atoms with Crippen molar-refractivity contribution < 1.29 is 4.74 Å². The summed E-state index contributed by atoms with van der Waals surface area (Å²) >= 11 is 0. The fourth-order valence-electron chi connectivity index (χ4n) is 2.77. The van der Waals surface area contributed by atoms with Crippen LogP contribution in [0.15, 0.2) is 24.3 Å². The summed E-state index contributed by atoms with van der Waals surface area (Å²) in [5, 5.41) is 8.73. The predicted molar refractivity (Wildman–Crippen MR) is 67.8 cm³/mol. The quantitative estimate of drug-likeness (QED) is 0.773. The largest absolute Gasteiger partial charge is 0.490 e. The Labute approximate surface area is 103 Å². The molecular weight excluding hydrogens is 210 g/mol. The van der Waals surface area contributed by atoms with E-state index in [9.17, 15) is 0 Å². The summed E-state index contributed by atoms with van der Waals surface area (Å²) in [5.41, 5.74) is 0.683. The standard InChI is InChI=1S/C15H19NO/c1-11-7-12(2)9-15(8-11)17-14-5-3-13(10-16)4-6-14/h3-6,11-12,15H,7-9H2,1-2H3. The summed E-state index contributed by atoms with van der Waals surface area (Å²) in [6, 6.07) is 9.52. The molecule has 1 aromatic carbocycles. The summed E-state index contributed by atoms with van der Waals surface area (Å²) in [6.07, 6.45) is 3.93. The van der Waals surface area contributed by atoms with Crippen molar-refractivity contribution in [2.45, 2.75) is 39.2 Å². The van der Waals surface area contributed by atoms with Crippen LogP contribution in [0.5, 0.6) is 5.75 Å². The van der Waals surface area contributed by atoms with Gasteiger partial charge in [0, 0.05) is 0 Å². The molecule has 2 atom stereocenters. The van der Waals surface area contributed by atoms with E-state index >= 15 is 0 Å². The van der Waals surface area contributed by atoms with E-state index in [0.717, 1.165) is 30.4 Å². The predicted octanol–water partition coefficient (Wildman–Crippen LogP) is 3.76. The number of nitrogens with zero attached hydrogens (tertiary/aromatic N) is 1. The number of benzene rings is 1. The van der Waals surface area contributed by atoms with Gasteiger partial charge in [0.2, 0.25) is 0 Å². The van der Waals surface area contributed by atoms with E-state index in [-0.39, 0.29) is 0 Å². The molecule has 0 aromatic heterocycles. The van der Waals surface area contributed by atoms with Crippen molar-refractivity contribution in [2.75, 3.05) is 0 Å². The van der Waals surface area contributed by atoms with Crippen LogP contribution < -0.4 is 4.74 Å². The Kier molecular flexibility index (Phi) is 3.68. The Hall–Kier alpha value is -1.49. The van der Waals surface area contributed by atoms with Gasteiger partial charge in [-0.15, -0.1) is 0 Å². The molecule has 0 bridgehead atoms. The fraction of sp³-hybridized carbons (Fsp3) is 0.533. The van der Waals surface area contributed by atoms with Gasteiger partial charge in [-0.2, -0.15) is 5.26 Å². The van der Waals surface area contributed by atoms with Gasteiger partial charge in [0.1, 0.15) is 5.75 Å².